The summed E-state index contributed by atoms with van der Waals surface area (Å²) in [5, 5.41) is 1.06. The Kier molecular flexibility index (Phi) is 3.22. The molecule has 0 bridgehead atoms. The van der Waals surface area contributed by atoms with Crippen LogP contribution in [0, 0.1) is 0 Å². The number of rotatable bonds is 2. The molecule has 0 fully saturated rings. The minimum Gasteiger partial charge on any atom is -0.303 e. The van der Waals surface area contributed by atoms with Crippen LogP contribution >= 0.6 is 15.9 Å². The third kappa shape index (κ3) is 2.34. The number of benzene rings is 2. The summed E-state index contributed by atoms with van der Waals surface area (Å²) in [7, 11) is 0. The molecule has 1 aromatic heterocycles. The summed E-state index contributed by atoms with van der Waals surface area (Å²) in [5.74, 6) is 0. The average molecular weight is 314 g/mol. The molecule has 2 aromatic carbocycles. The molecule has 0 N–H and O–H groups in total. The molecule has 0 aliphatic carbocycles. The number of aromatic nitrogens is 1. The Labute approximate surface area is 119 Å². The molecule has 1 heterocycles. The van der Waals surface area contributed by atoms with Crippen molar-refractivity contribution in [3.63, 3.8) is 0 Å². The van der Waals surface area contributed by atoms with Crippen LogP contribution in [-0.2, 0) is 6.54 Å². The zero-order chi connectivity index (χ0) is 13.2. The van der Waals surface area contributed by atoms with E-state index in [0.29, 0.717) is 11.0 Å². The predicted molar refractivity (Wildman–Crippen MR) is 81.5 cm³/mol. The van der Waals surface area contributed by atoms with E-state index in [2.05, 4.69) is 15.9 Å². The SMILES string of the molecule is O=c1c(Br)cc2ccccc2n1Cc1ccccc1. The van der Waals surface area contributed by atoms with Crippen LogP contribution in [0.1, 0.15) is 5.56 Å². The zero-order valence-corrected chi connectivity index (χ0v) is 11.8. The average Bonchev–Trinajstić information content (AvgIpc) is 2.45. The van der Waals surface area contributed by atoms with E-state index in [1.54, 1.807) is 4.57 Å². The summed E-state index contributed by atoms with van der Waals surface area (Å²) >= 11 is 3.35. The van der Waals surface area contributed by atoms with E-state index in [1.165, 1.54) is 0 Å². The zero-order valence-electron chi connectivity index (χ0n) is 10.2. The van der Waals surface area contributed by atoms with Gasteiger partial charge < -0.3 is 4.57 Å². The highest BCUT2D eigenvalue weighted by molar-refractivity contribution is 9.10. The van der Waals surface area contributed by atoms with Gasteiger partial charge in [0.2, 0.25) is 0 Å². The lowest BCUT2D eigenvalue weighted by Gasteiger charge is -2.11. The molecule has 0 spiro atoms. The molecule has 94 valence electrons. The number of halogens is 1. The molecule has 0 unspecified atom stereocenters. The molecule has 19 heavy (non-hydrogen) atoms. The van der Waals surface area contributed by atoms with Crippen LogP contribution in [0.3, 0.4) is 0 Å². The molecule has 0 aliphatic rings. The molecule has 0 atom stereocenters. The molecule has 0 saturated carbocycles. The van der Waals surface area contributed by atoms with Gasteiger partial charge in [-0.2, -0.15) is 0 Å². The summed E-state index contributed by atoms with van der Waals surface area (Å²) in [5.41, 5.74) is 2.08. The van der Waals surface area contributed by atoms with Crippen LogP contribution in [-0.4, -0.2) is 4.57 Å². The van der Waals surface area contributed by atoms with E-state index in [-0.39, 0.29) is 5.56 Å². The van der Waals surface area contributed by atoms with Crippen LogP contribution in [0.5, 0.6) is 0 Å². The number of hydrogen-bond acceptors (Lipinski definition) is 1. The van der Waals surface area contributed by atoms with Crippen molar-refractivity contribution in [2.45, 2.75) is 6.54 Å². The Hall–Kier alpha value is -1.87. The van der Waals surface area contributed by atoms with E-state index in [1.807, 2.05) is 60.7 Å². The summed E-state index contributed by atoms with van der Waals surface area (Å²) in [6.07, 6.45) is 0. The van der Waals surface area contributed by atoms with Crippen molar-refractivity contribution in [1.29, 1.82) is 0 Å². The maximum absolute atomic E-state index is 12.3. The molecule has 3 heteroatoms. The Morgan fingerprint density at radius 1 is 0.947 bits per heavy atom. The second-order valence-corrected chi connectivity index (χ2v) is 5.28. The quantitative estimate of drug-likeness (QED) is 0.705. The molecular formula is C16H12BrNO. The van der Waals surface area contributed by atoms with Gasteiger partial charge in [0.25, 0.3) is 5.56 Å². The molecular weight excluding hydrogens is 302 g/mol. The second-order valence-electron chi connectivity index (χ2n) is 4.43. The topological polar surface area (TPSA) is 22.0 Å². The van der Waals surface area contributed by atoms with Gasteiger partial charge in [-0.05, 0) is 39.0 Å². The van der Waals surface area contributed by atoms with Crippen molar-refractivity contribution in [2.24, 2.45) is 0 Å². The fraction of sp³-hybridized carbons (Fsp3) is 0.0625. The van der Waals surface area contributed by atoms with Crippen molar-refractivity contribution in [3.05, 3.63) is 81.1 Å². The summed E-state index contributed by atoms with van der Waals surface area (Å²) < 4.78 is 2.40. The van der Waals surface area contributed by atoms with Crippen molar-refractivity contribution in [2.75, 3.05) is 0 Å². The van der Waals surface area contributed by atoms with E-state index < -0.39 is 0 Å². The lowest BCUT2D eigenvalue weighted by Crippen LogP contribution is -2.21. The highest BCUT2D eigenvalue weighted by atomic mass is 79.9. The van der Waals surface area contributed by atoms with Crippen LogP contribution < -0.4 is 5.56 Å². The Morgan fingerprint density at radius 2 is 1.63 bits per heavy atom. The largest absolute Gasteiger partial charge is 0.303 e. The number of para-hydroxylation sites is 1. The van der Waals surface area contributed by atoms with Gasteiger partial charge in [-0.25, -0.2) is 0 Å². The van der Waals surface area contributed by atoms with Crippen LogP contribution in [0.25, 0.3) is 10.9 Å². The first-order valence-corrected chi connectivity index (χ1v) is 6.87. The van der Waals surface area contributed by atoms with E-state index in [9.17, 15) is 4.79 Å². The van der Waals surface area contributed by atoms with Gasteiger partial charge in [-0.15, -0.1) is 0 Å². The number of nitrogens with zero attached hydrogens (tertiary/aromatic N) is 1. The molecule has 0 amide bonds. The minimum atomic E-state index is 0.00236. The highest BCUT2D eigenvalue weighted by Gasteiger charge is 2.07. The summed E-state index contributed by atoms with van der Waals surface area (Å²) in [6, 6.07) is 19.8. The number of hydrogen-bond donors (Lipinski definition) is 0. The van der Waals surface area contributed by atoms with E-state index in [0.717, 1.165) is 16.5 Å². The monoisotopic (exact) mass is 313 g/mol. The van der Waals surface area contributed by atoms with Gasteiger partial charge in [0, 0.05) is 0 Å². The van der Waals surface area contributed by atoms with Crippen molar-refractivity contribution < 1.29 is 0 Å². The Morgan fingerprint density at radius 3 is 2.42 bits per heavy atom. The molecule has 2 nitrogen and oxygen atoms in total. The van der Waals surface area contributed by atoms with Gasteiger partial charge in [0.15, 0.2) is 0 Å². The first-order valence-electron chi connectivity index (χ1n) is 6.08. The van der Waals surface area contributed by atoms with Crippen molar-refractivity contribution in [1.82, 2.24) is 4.57 Å². The minimum absolute atomic E-state index is 0.00236. The maximum Gasteiger partial charge on any atom is 0.265 e. The normalized spacial score (nSPS) is 10.8. The molecule has 0 saturated heterocycles. The maximum atomic E-state index is 12.3. The molecule has 3 rings (SSSR count). The fourth-order valence-corrected chi connectivity index (χ4v) is 2.68. The molecule has 0 aliphatic heterocycles. The third-order valence-electron chi connectivity index (χ3n) is 3.14. The summed E-state index contributed by atoms with van der Waals surface area (Å²) in [6.45, 7) is 0.583. The standard InChI is InChI=1S/C16H12BrNO/c17-14-10-13-8-4-5-9-15(13)18(16(14)19)11-12-6-2-1-3-7-12/h1-10H,11H2. The predicted octanol–water partition coefficient (Wildman–Crippen LogP) is 3.81. The smallest absolute Gasteiger partial charge is 0.265 e. The van der Waals surface area contributed by atoms with Crippen LogP contribution in [0.4, 0.5) is 0 Å². The Balaban J connectivity index is 2.22. The van der Waals surface area contributed by atoms with E-state index in [4.69, 9.17) is 0 Å². The van der Waals surface area contributed by atoms with Gasteiger partial charge >= 0.3 is 0 Å². The molecule has 0 radical (unpaired) electrons. The van der Waals surface area contributed by atoms with Crippen molar-refractivity contribution in [3.8, 4) is 0 Å². The molecule has 3 aromatic rings. The fourth-order valence-electron chi connectivity index (χ4n) is 2.21. The van der Waals surface area contributed by atoms with Crippen molar-refractivity contribution >= 4 is 26.8 Å². The number of pyridine rings is 1. The van der Waals surface area contributed by atoms with Crippen LogP contribution in [0.15, 0.2) is 69.9 Å². The second kappa shape index (κ2) is 5.02. The first kappa shape index (κ1) is 12.2. The first-order chi connectivity index (χ1) is 9.25. The highest BCUT2D eigenvalue weighted by Crippen LogP contribution is 2.17. The van der Waals surface area contributed by atoms with Gasteiger partial charge in [-0.1, -0.05) is 48.5 Å². The van der Waals surface area contributed by atoms with E-state index >= 15 is 0 Å². The van der Waals surface area contributed by atoms with Gasteiger partial charge in [0.1, 0.15) is 0 Å². The summed E-state index contributed by atoms with van der Waals surface area (Å²) in [4.78, 5) is 12.3. The Bertz CT molecular complexity index is 778. The number of fused-ring (bicyclic) bond motifs is 1. The van der Waals surface area contributed by atoms with Crippen LogP contribution in [0.2, 0.25) is 0 Å². The lowest BCUT2D eigenvalue weighted by atomic mass is 10.2. The lowest BCUT2D eigenvalue weighted by molar-refractivity contribution is 0.790. The third-order valence-corrected chi connectivity index (χ3v) is 3.71. The van der Waals surface area contributed by atoms with Gasteiger partial charge in [0.05, 0.1) is 16.5 Å². The van der Waals surface area contributed by atoms with Gasteiger partial charge in [-0.3, -0.25) is 4.79 Å².